The van der Waals surface area contributed by atoms with E-state index in [1.165, 1.54) is 0 Å². The van der Waals surface area contributed by atoms with Gasteiger partial charge in [0.2, 0.25) is 5.82 Å². The van der Waals surface area contributed by atoms with E-state index in [1.54, 1.807) is 4.68 Å². The summed E-state index contributed by atoms with van der Waals surface area (Å²) in [5.74, 6) is 0.493. The van der Waals surface area contributed by atoms with Crippen LogP contribution in [0.4, 0.5) is 0 Å². The predicted molar refractivity (Wildman–Crippen MR) is 114 cm³/mol. The van der Waals surface area contributed by atoms with Crippen LogP contribution in [0.25, 0.3) is 17.1 Å². The number of hydrogen-bond acceptors (Lipinski definition) is 3. The van der Waals surface area contributed by atoms with E-state index in [0.29, 0.717) is 12.4 Å². The van der Waals surface area contributed by atoms with E-state index in [9.17, 15) is 4.79 Å². The van der Waals surface area contributed by atoms with Crippen molar-refractivity contribution in [2.45, 2.75) is 20.4 Å². The first-order valence-corrected chi connectivity index (χ1v) is 9.53. The monoisotopic (exact) mass is 382 g/mol. The fourth-order valence-electron chi connectivity index (χ4n) is 3.09. The Labute approximate surface area is 170 Å². The summed E-state index contributed by atoms with van der Waals surface area (Å²) >= 11 is 0. The summed E-state index contributed by atoms with van der Waals surface area (Å²) in [6.45, 7) is 4.50. The number of carbonyl (C=O) groups excluding carboxylic acids is 1. The highest BCUT2D eigenvalue weighted by Crippen LogP contribution is 2.22. The molecule has 0 aliphatic heterocycles. The number of rotatable bonds is 5. The molecule has 0 saturated carbocycles. The van der Waals surface area contributed by atoms with Crippen LogP contribution < -0.4 is 5.32 Å². The highest BCUT2D eigenvalue weighted by Gasteiger charge is 2.18. The number of aromatic nitrogens is 3. The van der Waals surface area contributed by atoms with Gasteiger partial charge in [0.25, 0.3) is 5.91 Å². The van der Waals surface area contributed by atoms with Gasteiger partial charge in [0.15, 0.2) is 5.82 Å². The zero-order valence-corrected chi connectivity index (χ0v) is 16.5. The van der Waals surface area contributed by atoms with Gasteiger partial charge >= 0.3 is 0 Å². The van der Waals surface area contributed by atoms with Crippen LogP contribution in [0.15, 0.2) is 78.9 Å². The van der Waals surface area contributed by atoms with Crippen molar-refractivity contribution < 1.29 is 4.79 Å². The van der Waals surface area contributed by atoms with Gasteiger partial charge < -0.3 is 5.32 Å². The smallest absolute Gasteiger partial charge is 0.291 e. The van der Waals surface area contributed by atoms with Crippen molar-refractivity contribution in [2.24, 2.45) is 0 Å². The van der Waals surface area contributed by atoms with E-state index < -0.39 is 0 Å². The van der Waals surface area contributed by atoms with Crippen LogP contribution in [0.2, 0.25) is 0 Å². The van der Waals surface area contributed by atoms with Gasteiger partial charge in [0.1, 0.15) is 0 Å². The van der Waals surface area contributed by atoms with Crippen LogP contribution in [0.1, 0.15) is 27.3 Å². The zero-order valence-electron chi connectivity index (χ0n) is 16.5. The standard InChI is InChI=1S/C24H22N4O/c1-17-11-13-20(14-12-17)23-26-22(24(29)25-16-19-8-4-3-5-9-19)27-28(23)21-10-6-7-18(2)15-21/h3-15H,16H2,1-2H3,(H,25,29). The Balaban J connectivity index is 1.69. The van der Waals surface area contributed by atoms with Crippen molar-refractivity contribution in [3.8, 4) is 17.1 Å². The fraction of sp³-hybridized carbons (Fsp3) is 0.125. The van der Waals surface area contributed by atoms with Crippen LogP contribution in [0.5, 0.6) is 0 Å². The molecule has 0 fully saturated rings. The van der Waals surface area contributed by atoms with E-state index in [-0.39, 0.29) is 11.7 Å². The molecule has 0 bridgehead atoms. The molecule has 1 heterocycles. The van der Waals surface area contributed by atoms with E-state index >= 15 is 0 Å². The van der Waals surface area contributed by atoms with Crippen molar-refractivity contribution in [3.05, 3.63) is 101 Å². The Kier molecular flexibility index (Phi) is 5.20. The first-order valence-electron chi connectivity index (χ1n) is 9.53. The second-order valence-corrected chi connectivity index (χ2v) is 7.04. The first-order chi connectivity index (χ1) is 14.1. The predicted octanol–water partition coefficient (Wildman–Crippen LogP) is 4.48. The number of benzene rings is 3. The van der Waals surface area contributed by atoms with Gasteiger partial charge in [-0.15, -0.1) is 5.10 Å². The molecule has 0 unspecified atom stereocenters. The molecule has 0 aliphatic carbocycles. The lowest BCUT2D eigenvalue weighted by atomic mass is 10.1. The number of hydrogen-bond donors (Lipinski definition) is 1. The molecule has 0 radical (unpaired) electrons. The third kappa shape index (κ3) is 4.24. The maximum absolute atomic E-state index is 12.7. The first kappa shape index (κ1) is 18.6. The third-order valence-corrected chi connectivity index (χ3v) is 4.66. The summed E-state index contributed by atoms with van der Waals surface area (Å²) in [6.07, 6.45) is 0. The minimum Gasteiger partial charge on any atom is -0.345 e. The normalized spacial score (nSPS) is 10.7. The van der Waals surface area contributed by atoms with Crippen molar-refractivity contribution in [1.29, 1.82) is 0 Å². The van der Waals surface area contributed by atoms with Crippen LogP contribution in [-0.2, 0) is 6.54 Å². The lowest BCUT2D eigenvalue weighted by Crippen LogP contribution is -2.24. The minimum atomic E-state index is -0.298. The fourth-order valence-corrected chi connectivity index (χ4v) is 3.09. The van der Waals surface area contributed by atoms with Gasteiger partial charge in [-0.3, -0.25) is 4.79 Å². The molecule has 144 valence electrons. The Hall–Kier alpha value is -3.73. The maximum atomic E-state index is 12.7. The molecule has 0 atom stereocenters. The van der Waals surface area contributed by atoms with E-state index in [0.717, 1.165) is 27.9 Å². The molecule has 29 heavy (non-hydrogen) atoms. The molecular weight excluding hydrogens is 360 g/mol. The summed E-state index contributed by atoms with van der Waals surface area (Å²) in [4.78, 5) is 17.3. The van der Waals surface area contributed by atoms with Gasteiger partial charge in [0.05, 0.1) is 5.69 Å². The molecule has 0 saturated heterocycles. The van der Waals surface area contributed by atoms with Crippen LogP contribution in [-0.4, -0.2) is 20.7 Å². The van der Waals surface area contributed by atoms with E-state index in [2.05, 4.69) is 15.4 Å². The molecule has 3 aromatic carbocycles. The zero-order chi connectivity index (χ0) is 20.2. The lowest BCUT2D eigenvalue weighted by Gasteiger charge is -2.07. The van der Waals surface area contributed by atoms with Gasteiger partial charge in [-0.2, -0.15) is 0 Å². The number of amides is 1. The van der Waals surface area contributed by atoms with Gasteiger partial charge in [-0.1, -0.05) is 72.3 Å². The molecule has 4 rings (SSSR count). The molecule has 1 N–H and O–H groups in total. The van der Waals surface area contributed by atoms with Crippen molar-refractivity contribution in [3.63, 3.8) is 0 Å². The van der Waals surface area contributed by atoms with Gasteiger partial charge in [-0.25, -0.2) is 9.67 Å². The highest BCUT2D eigenvalue weighted by molar-refractivity contribution is 5.91. The molecule has 5 heteroatoms. The summed E-state index contributed by atoms with van der Waals surface area (Å²) in [5.41, 5.74) is 5.08. The van der Waals surface area contributed by atoms with Crippen LogP contribution in [0.3, 0.4) is 0 Å². The quantitative estimate of drug-likeness (QED) is 0.554. The summed E-state index contributed by atoms with van der Waals surface area (Å²) < 4.78 is 1.73. The summed E-state index contributed by atoms with van der Waals surface area (Å²) in [6, 6.07) is 25.8. The van der Waals surface area contributed by atoms with Crippen molar-refractivity contribution in [2.75, 3.05) is 0 Å². The van der Waals surface area contributed by atoms with E-state index in [4.69, 9.17) is 0 Å². The molecule has 0 spiro atoms. The average Bonchev–Trinajstić information content (AvgIpc) is 3.19. The molecule has 1 amide bonds. The Morgan fingerprint density at radius 1 is 0.897 bits per heavy atom. The number of nitrogens with zero attached hydrogens (tertiary/aromatic N) is 3. The van der Waals surface area contributed by atoms with Crippen molar-refractivity contribution in [1.82, 2.24) is 20.1 Å². The van der Waals surface area contributed by atoms with Gasteiger partial charge in [0, 0.05) is 12.1 Å². The van der Waals surface area contributed by atoms with E-state index in [1.807, 2.05) is 92.7 Å². The maximum Gasteiger partial charge on any atom is 0.291 e. The van der Waals surface area contributed by atoms with Gasteiger partial charge in [-0.05, 0) is 37.1 Å². The molecular formula is C24H22N4O. The molecule has 5 nitrogen and oxygen atoms in total. The Morgan fingerprint density at radius 2 is 1.66 bits per heavy atom. The largest absolute Gasteiger partial charge is 0.345 e. The number of aryl methyl sites for hydroxylation is 2. The summed E-state index contributed by atoms with van der Waals surface area (Å²) in [7, 11) is 0. The number of nitrogens with one attached hydrogen (secondary N) is 1. The topological polar surface area (TPSA) is 59.8 Å². The summed E-state index contributed by atoms with van der Waals surface area (Å²) in [5, 5.41) is 7.43. The Bertz CT molecular complexity index is 1130. The molecule has 1 aromatic heterocycles. The number of carbonyl (C=O) groups is 1. The second kappa shape index (κ2) is 8.10. The lowest BCUT2D eigenvalue weighted by molar-refractivity contribution is 0.0940. The average molecular weight is 382 g/mol. The molecule has 4 aromatic rings. The second-order valence-electron chi connectivity index (χ2n) is 7.04. The third-order valence-electron chi connectivity index (χ3n) is 4.66. The Morgan fingerprint density at radius 3 is 2.38 bits per heavy atom. The molecule has 0 aliphatic rings. The van der Waals surface area contributed by atoms with Crippen LogP contribution >= 0.6 is 0 Å². The SMILES string of the molecule is Cc1ccc(-c2nc(C(=O)NCc3ccccc3)nn2-c2cccc(C)c2)cc1. The minimum absolute atomic E-state index is 0.151. The van der Waals surface area contributed by atoms with Crippen molar-refractivity contribution >= 4 is 5.91 Å². The highest BCUT2D eigenvalue weighted by atomic mass is 16.2. The van der Waals surface area contributed by atoms with Crippen LogP contribution in [0, 0.1) is 13.8 Å².